The summed E-state index contributed by atoms with van der Waals surface area (Å²) in [6, 6.07) is 15.0. The van der Waals surface area contributed by atoms with Gasteiger partial charge in [0, 0.05) is 18.1 Å². The van der Waals surface area contributed by atoms with Crippen molar-refractivity contribution in [1.29, 1.82) is 5.41 Å². The number of aliphatic hydroxyl groups is 1. The van der Waals surface area contributed by atoms with Crippen LogP contribution in [0.15, 0.2) is 48.5 Å². The molecule has 0 unspecified atom stereocenters. The Morgan fingerprint density at radius 1 is 1.03 bits per heavy atom. The molecule has 0 aliphatic carbocycles. The third-order valence-corrected chi connectivity index (χ3v) is 5.41. The number of hydrogen-bond donors (Lipinski definition) is 2. The second kappa shape index (κ2) is 9.96. The number of ether oxygens (including phenoxy) is 1. The fourth-order valence-electron chi connectivity index (χ4n) is 3.47. The minimum Gasteiger partial charge on any atom is -0.491 e. The Balaban J connectivity index is 1.75. The molecule has 3 aromatic rings. The molecule has 1 aromatic heterocycles. The van der Waals surface area contributed by atoms with Crippen LogP contribution in [0.1, 0.15) is 13.8 Å². The molecule has 2 N–H and O–H groups in total. The normalized spacial score (nSPS) is 12.6. The van der Waals surface area contributed by atoms with Gasteiger partial charge in [0.2, 0.25) is 5.62 Å². The third kappa shape index (κ3) is 5.21. The van der Waals surface area contributed by atoms with E-state index in [1.54, 1.807) is 24.3 Å². The average molecular weight is 417 g/mol. The number of para-hydroxylation sites is 2. The molecular weight excluding hydrogens is 388 g/mol. The van der Waals surface area contributed by atoms with Crippen molar-refractivity contribution in [3.63, 3.8) is 0 Å². The van der Waals surface area contributed by atoms with E-state index in [0.717, 1.165) is 37.2 Å². The Morgan fingerprint density at radius 2 is 1.66 bits per heavy atom. The number of imidazole rings is 1. The fourth-order valence-corrected chi connectivity index (χ4v) is 3.60. The second-order valence-corrected chi connectivity index (χ2v) is 7.46. The molecule has 0 bridgehead atoms. The first-order valence-electron chi connectivity index (χ1n) is 10.0. The van der Waals surface area contributed by atoms with Crippen molar-refractivity contribution in [2.75, 3.05) is 26.2 Å². The van der Waals surface area contributed by atoms with E-state index in [2.05, 4.69) is 18.7 Å². The topological polar surface area (TPSA) is 66.4 Å². The number of nitrogens with zero attached hydrogens (tertiary/aromatic N) is 3. The molecule has 1 atom stereocenters. The van der Waals surface area contributed by atoms with Gasteiger partial charge in [0.1, 0.15) is 18.5 Å². The van der Waals surface area contributed by atoms with Crippen molar-refractivity contribution in [2.24, 2.45) is 0 Å². The van der Waals surface area contributed by atoms with Gasteiger partial charge in [-0.1, -0.05) is 37.6 Å². The van der Waals surface area contributed by atoms with E-state index in [1.807, 2.05) is 33.4 Å². The van der Waals surface area contributed by atoms with Crippen LogP contribution in [0.4, 0.5) is 0 Å². The lowest BCUT2D eigenvalue weighted by Gasteiger charge is -2.18. The van der Waals surface area contributed by atoms with Gasteiger partial charge in [0.25, 0.3) is 0 Å². The van der Waals surface area contributed by atoms with Crippen molar-refractivity contribution in [3.05, 3.63) is 59.2 Å². The molecule has 1 heterocycles. The Labute approximate surface area is 176 Å². The van der Waals surface area contributed by atoms with E-state index < -0.39 is 6.10 Å². The molecule has 3 rings (SSSR count). The molecule has 0 spiro atoms. The third-order valence-electron chi connectivity index (χ3n) is 5.16. The number of aromatic nitrogens is 2. The molecule has 0 fully saturated rings. The molecule has 0 saturated carbocycles. The van der Waals surface area contributed by atoms with Gasteiger partial charge in [-0.2, -0.15) is 0 Å². The summed E-state index contributed by atoms with van der Waals surface area (Å²) in [7, 11) is 0. The van der Waals surface area contributed by atoms with Gasteiger partial charge < -0.3 is 23.9 Å². The molecule has 7 heteroatoms. The maximum absolute atomic E-state index is 10.5. The Hall–Kier alpha value is -2.28. The molecule has 29 heavy (non-hydrogen) atoms. The highest BCUT2D eigenvalue weighted by Gasteiger charge is 2.15. The minimum absolute atomic E-state index is 0.146. The lowest BCUT2D eigenvalue weighted by atomic mass is 10.3. The molecule has 0 aliphatic rings. The maximum atomic E-state index is 10.5. The van der Waals surface area contributed by atoms with E-state index in [-0.39, 0.29) is 6.61 Å². The summed E-state index contributed by atoms with van der Waals surface area (Å²) in [4.78, 5) is 2.34. The van der Waals surface area contributed by atoms with Crippen LogP contribution in [-0.2, 0) is 13.1 Å². The first-order valence-corrected chi connectivity index (χ1v) is 10.4. The standard InChI is InChI=1S/C22H29ClN4O2/c1-3-25(4-2)13-14-26-20-7-5-6-8-21(20)27(22(26)24)15-18(28)16-29-19-11-9-17(23)10-12-19/h5-12,18,24,28H,3-4,13-16H2,1-2H3/t18-/m1/s1. The number of hydrogen-bond acceptors (Lipinski definition) is 4. The summed E-state index contributed by atoms with van der Waals surface area (Å²) < 4.78 is 9.53. The zero-order valence-electron chi connectivity index (χ0n) is 17.0. The van der Waals surface area contributed by atoms with Gasteiger partial charge in [-0.3, -0.25) is 5.41 Å². The van der Waals surface area contributed by atoms with Crippen LogP contribution < -0.4 is 10.4 Å². The van der Waals surface area contributed by atoms with E-state index in [9.17, 15) is 5.11 Å². The van der Waals surface area contributed by atoms with Gasteiger partial charge >= 0.3 is 0 Å². The maximum Gasteiger partial charge on any atom is 0.203 e. The van der Waals surface area contributed by atoms with Gasteiger partial charge in [-0.25, -0.2) is 0 Å². The first-order chi connectivity index (χ1) is 14.0. The minimum atomic E-state index is -0.734. The Bertz CT molecular complexity index is 977. The summed E-state index contributed by atoms with van der Waals surface area (Å²) in [5.41, 5.74) is 2.35. The number of nitrogens with one attached hydrogen (secondary N) is 1. The molecule has 0 aliphatic heterocycles. The summed E-state index contributed by atoms with van der Waals surface area (Å²) in [5, 5.41) is 19.9. The van der Waals surface area contributed by atoms with E-state index in [1.165, 1.54) is 0 Å². The van der Waals surface area contributed by atoms with Crippen molar-refractivity contribution < 1.29 is 9.84 Å². The van der Waals surface area contributed by atoms with Gasteiger partial charge in [0.15, 0.2) is 0 Å². The monoisotopic (exact) mass is 416 g/mol. The highest BCUT2D eigenvalue weighted by molar-refractivity contribution is 6.30. The predicted molar refractivity (Wildman–Crippen MR) is 117 cm³/mol. The summed E-state index contributed by atoms with van der Waals surface area (Å²) >= 11 is 5.89. The summed E-state index contributed by atoms with van der Waals surface area (Å²) in [6.45, 7) is 8.35. The molecule has 0 saturated heterocycles. The number of rotatable bonds is 10. The molecule has 0 radical (unpaired) electrons. The number of halogens is 1. The Kier molecular flexibility index (Phi) is 7.36. The number of benzene rings is 2. The van der Waals surface area contributed by atoms with Crippen molar-refractivity contribution >= 4 is 22.6 Å². The van der Waals surface area contributed by atoms with Crippen LogP contribution in [0, 0.1) is 5.41 Å². The zero-order valence-corrected chi connectivity index (χ0v) is 17.8. The van der Waals surface area contributed by atoms with Crippen LogP contribution >= 0.6 is 11.6 Å². The van der Waals surface area contributed by atoms with E-state index in [4.69, 9.17) is 21.7 Å². The lowest BCUT2D eigenvalue weighted by molar-refractivity contribution is 0.0920. The van der Waals surface area contributed by atoms with Crippen LogP contribution in [0.3, 0.4) is 0 Å². The smallest absolute Gasteiger partial charge is 0.203 e. The van der Waals surface area contributed by atoms with Gasteiger partial charge in [-0.15, -0.1) is 0 Å². The Morgan fingerprint density at radius 3 is 2.28 bits per heavy atom. The summed E-state index contributed by atoms with van der Waals surface area (Å²) in [5.74, 6) is 0.659. The van der Waals surface area contributed by atoms with E-state index >= 15 is 0 Å². The molecule has 6 nitrogen and oxygen atoms in total. The molecule has 156 valence electrons. The van der Waals surface area contributed by atoms with Crippen molar-refractivity contribution in [3.8, 4) is 5.75 Å². The molecular formula is C22H29ClN4O2. The van der Waals surface area contributed by atoms with Crippen LogP contribution in [-0.4, -0.2) is 51.5 Å². The highest BCUT2D eigenvalue weighted by atomic mass is 35.5. The SMILES string of the molecule is CCN(CC)CCn1c(=N)n(C[C@@H](O)COc2ccc(Cl)cc2)c2ccccc21. The fraction of sp³-hybridized carbons (Fsp3) is 0.409. The van der Waals surface area contributed by atoms with Gasteiger partial charge in [0.05, 0.1) is 17.6 Å². The summed E-state index contributed by atoms with van der Waals surface area (Å²) in [6.07, 6.45) is -0.734. The predicted octanol–water partition coefficient (Wildman–Crippen LogP) is 3.36. The van der Waals surface area contributed by atoms with Crippen LogP contribution in [0.25, 0.3) is 11.0 Å². The van der Waals surface area contributed by atoms with Crippen LogP contribution in [0.2, 0.25) is 5.02 Å². The van der Waals surface area contributed by atoms with Crippen LogP contribution in [0.5, 0.6) is 5.75 Å². The van der Waals surface area contributed by atoms with Gasteiger partial charge in [-0.05, 0) is 49.5 Å². The largest absolute Gasteiger partial charge is 0.491 e. The lowest BCUT2D eigenvalue weighted by Crippen LogP contribution is -2.34. The number of fused-ring (bicyclic) bond motifs is 1. The second-order valence-electron chi connectivity index (χ2n) is 7.02. The average Bonchev–Trinajstić information content (AvgIpc) is 3.00. The van der Waals surface area contributed by atoms with E-state index in [0.29, 0.717) is 22.9 Å². The van der Waals surface area contributed by atoms with Crippen molar-refractivity contribution in [2.45, 2.75) is 33.0 Å². The van der Waals surface area contributed by atoms with Crippen molar-refractivity contribution in [1.82, 2.24) is 14.0 Å². The quantitative estimate of drug-likeness (QED) is 0.532. The number of likely N-dealkylation sites (N-methyl/N-ethyl adjacent to an activating group) is 1. The molecule has 0 amide bonds. The molecule has 2 aromatic carbocycles. The highest BCUT2D eigenvalue weighted by Crippen LogP contribution is 2.17. The number of aliphatic hydroxyl groups excluding tert-OH is 1. The first kappa shape index (κ1) is 21.4. The zero-order chi connectivity index (χ0) is 20.8.